The van der Waals surface area contributed by atoms with Gasteiger partial charge in [-0.2, -0.15) is 0 Å². The normalized spacial score (nSPS) is 20.5. The van der Waals surface area contributed by atoms with Crippen molar-refractivity contribution >= 4 is 5.91 Å². The molecule has 1 unspecified atom stereocenters. The molecule has 1 aliphatic heterocycles. The standard InChI is InChI=1S/C12H15NO/c1-8(2)11-7-13-12(14)10-6-4-3-5-9(10)11/h3-6,8,11H,7H2,1-2H3,(H,13,14). The second-order valence-corrected chi connectivity index (χ2v) is 4.15. The van der Waals surface area contributed by atoms with Crippen LogP contribution in [0.25, 0.3) is 0 Å². The lowest BCUT2D eigenvalue weighted by atomic mass is 9.83. The predicted molar refractivity (Wildman–Crippen MR) is 56.4 cm³/mol. The van der Waals surface area contributed by atoms with Crippen LogP contribution in [0.4, 0.5) is 0 Å². The van der Waals surface area contributed by atoms with Crippen LogP contribution in [0.5, 0.6) is 0 Å². The van der Waals surface area contributed by atoms with Crippen LogP contribution in [0.2, 0.25) is 0 Å². The van der Waals surface area contributed by atoms with Crippen LogP contribution in [0.15, 0.2) is 24.3 Å². The minimum Gasteiger partial charge on any atom is -0.351 e. The summed E-state index contributed by atoms with van der Waals surface area (Å²) in [5.74, 6) is 1.10. The van der Waals surface area contributed by atoms with Crippen molar-refractivity contribution in [1.29, 1.82) is 0 Å². The van der Waals surface area contributed by atoms with Crippen molar-refractivity contribution < 1.29 is 4.79 Å². The first-order chi connectivity index (χ1) is 6.70. The van der Waals surface area contributed by atoms with Crippen molar-refractivity contribution in [1.82, 2.24) is 5.32 Å². The summed E-state index contributed by atoms with van der Waals surface area (Å²) in [5.41, 5.74) is 2.05. The fourth-order valence-electron chi connectivity index (χ4n) is 2.03. The maximum Gasteiger partial charge on any atom is 0.251 e. The molecule has 74 valence electrons. The number of rotatable bonds is 1. The number of carbonyl (C=O) groups excluding carboxylic acids is 1. The minimum absolute atomic E-state index is 0.0671. The molecule has 0 radical (unpaired) electrons. The maximum atomic E-state index is 11.5. The third-order valence-electron chi connectivity index (χ3n) is 2.89. The molecule has 1 aromatic carbocycles. The average molecular weight is 189 g/mol. The Bertz CT molecular complexity index is 357. The van der Waals surface area contributed by atoms with Crippen molar-refractivity contribution in [2.75, 3.05) is 6.54 Å². The van der Waals surface area contributed by atoms with E-state index in [1.54, 1.807) is 0 Å². The van der Waals surface area contributed by atoms with Crippen molar-refractivity contribution in [2.45, 2.75) is 19.8 Å². The second kappa shape index (κ2) is 3.45. The molecule has 0 spiro atoms. The van der Waals surface area contributed by atoms with Crippen LogP contribution in [0.1, 0.15) is 35.7 Å². The highest BCUT2D eigenvalue weighted by Crippen LogP contribution is 2.29. The Morgan fingerprint density at radius 1 is 1.36 bits per heavy atom. The van der Waals surface area contributed by atoms with Gasteiger partial charge in [0.15, 0.2) is 0 Å². The zero-order chi connectivity index (χ0) is 10.1. The van der Waals surface area contributed by atoms with Gasteiger partial charge < -0.3 is 5.32 Å². The van der Waals surface area contributed by atoms with E-state index < -0.39 is 0 Å². The van der Waals surface area contributed by atoms with Gasteiger partial charge in [0.2, 0.25) is 0 Å². The Morgan fingerprint density at radius 3 is 2.79 bits per heavy atom. The molecule has 0 aromatic heterocycles. The van der Waals surface area contributed by atoms with Gasteiger partial charge in [-0.1, -0.05) is 32.0 Å². The lowest BCUT2D eigenvalue weighted by molar-refractivity contribution is 0.0936. The van der Waals surface area contributed by atoms with Gasteiger partial charge in [-0.3, -0.25) is 4.79 Å². The van der Waals surface area contributed by atoms with Crippen molar-refractivity contribution in [3.63, 3.8) is 0 Å². The zero-order valence-corrected chi connectivity index (χ0v) is 8.58. The number of fused-ring (bicyclic) bond motifs is 1. The molecule has 2 heteroatoms. The summed E-state index contributed by atoms with van der Waals surface area (Å²) < 4.78 is 0. The average Bonchev–Trinajstić information content (AvgIpc) is 2.18. The van der Waals surface area contributed by atoms with Gasteiger partial charge in [0.05, 0.1) is 0 Å². The highest BCUT2D eigenvalue weighted by molar-refractivity contribution is 5.97. The van der Waals surface area contributed by atoms with Gasteiger partial charge >= 0.3 is 0 Å². The van der Waals surface area contributed by atoms with E-state index in [2.05, 4.69) is 25.2 Å². The number of nitrogens with one attached hydrogen (secondary N) is 1. The van der Waals surface area contributed by atoms with Gasteiger partial charge in [-0.15, -0.1) is 0 Å². The van der Waals surface area contributed by atoms with Crippen LogP contribution >= 0.6 is 0 Å². The van der Waals surface area contributed by atoms with E-state index in [1.165, 1.54) is 5.56 Å². The van der Waals surface area contributed by atoms with E-state index in [0.717, 1.165) is 12.1 Å². The Kier molecular flexibility index (Phi) is 2.28. The smallest absolute Gasteiger partial charge is 0.251 e. The second-order valence-electron chi connectivity index (χ2n) is 4.15. The first-order valence-corrected chi connectivity index (χ1v) is 5.07. The summed E-state index contributed by atoms with van der Waals surface area (Å²) in [5, 5.41) is 2.93. The molecular weight excluding hydrogens is 174 g/mol. The van der Waals surface area contributed by atoms with Crippen molar-refractivity contribution in [3.8, 4) is 0 Å². The van der Waals surface area contributed by atoms with Crippen LogP contribution in [0, 0.1) is 5.92 Å². The maximum absolute atomic E-state index is 11.5. The van der Waals surface area contributed by atoms with Gasteiger partial charge in [0, 0.05) is 18.0 Å². The Balaban J connectivity index is 2.46. The lowest BCUT2D eigenvalue weighted by Crippen LogP contribution is -2.36. The quantitative estimate of drug-likeness (QED) is 0.720. The third-order valence-corrected chi connectivity index (χ3v) is 2.89. The van der Waals surface area contributed by atoms with Crippen LogP contribution < -0.4 is 5.32 Å². The largest absolute Gasteiger partial charge is 0.351 e. The van der Waals surface area contributed by atoms with E-state index in [4.69, 9.17) is 0 Å². The SMILES string of the molecule is CC(C)C1CNC(=O)c2ccccc21. The molecule has 2 rings (SSSR count). The number of amides is 1. The topological polar surface area (TPSA) is 29.1 Å². The molecule has 0 aliphatic carbocycles. The van der Waals surface area contributed by atoms with E-state index in [1.807, 2.05) is 18.2 Å². The van der Waals surface area contributed by atoms with E-state index in [9.17, 15) is 4.79 Å². The van der Waals surface area contributed by atoms with Crippen molar-refractivity contribution in [3.05, 3.63) is 35.4 Å². The summed E-state index contributed by atoms with van der Waals surface area (Å²) >= 11 is 0. The summed E-state index contributed by atoms with van der Waals surface area (Å²) in [6.07, 6.45) is 0. The summed E-state index contributed by atoms with van der Waals surface area (Å²) in [6.45, 7) is 5.16. The molecule has 1 atom stereocenters. The number of carbonyl (C=O) groups is 1. The number of hydrogen-bond acceptors (Lipinski definition) is 1. The summed E-state index contributed by atoms with van der Waals surface area (Å²) in [4.78, 5) is 11.5. The summed E-state index contributed by atoms with van der Waals surface area (Å²) in [6, 6.07) is 7.89. The fourth-order valence-corrected chi connectivity index (χ4v) is 2.03. The fraction of sp³-hybridized carbons (Fsp3) is 0.417. The molecule has 1 heterocycles. The monoisotopic (exact) mass is 189 g/mol. The molecule has 1 aromatic rings. The molecule has 0 bridgehead atoms. The van der Waals surface area contributed by atoms with E-state index >= 15 is 0 Å². The first-order valence-electron chi connectivity index (χ1n) is 5.07. The van der Waals surface area contributed by atoms with Gasteiger partial charge in [-0.25, -0.2) is 0 Å². The first kappa shape index (κ1) is 9.25. The molecule has 14 heavy (non-hydrogen) atoms. The molecular formula is C12H15NO. The zero-order valence-electron chi connectivity index (χ0n) is 8.58. The molecule has 1 amide bonds. The predicted octanol–water partition coefficient (Wildman–Crippen LogP) is 2.17. The molecule has 1 N–H and O–H groups in total. The highest BCUT2D eigenvalue weighted by Gasteiger charge is 2.26. The highest BCUT2D eigenvalue weighted by atomic mass is 16.1. The minimum atomic E-state index is 0.0671. The molecule has 1 aliphatic rings. The van der Waals surface area contributed by atoms with Crippen LogP contribution in [0.3, 0.4) is 0 Å². The Hall–Kier alpha value is -1.31. The molecule has 2 nitrogen and oxygen atoms in total. The van der Waals surface area contributed by atoms with Crippen molar-refractivity contribution in [2.24, 2.45) is 5.92 Å². The van der Waals surface area contributed by atoms with Gasteiger partial charge in [0.25, 0.3) is 5.91 Å². The molecule has 0 saturated carbocycles. The van der Waals surface area contributed by atoms with Gasteiger partial charge in [-0.05, 0) is 17.5 Å². The molecule has 0 fully saturated rings. The number of hydrogen-bond donors (Lipinski definition) is 1. The van der Waals surface area contributed by atoms with Gasteiger partial charge in [0.1, 0.15) is 0 Å². The van der Waals surface area contributed by atoms with Crippen LogP contribution in [-0.4, -0.2) is 12.5 Å². The van der Waals surface area contributed by atoms with Crippen LogP contribution in [-0.2, 0) is 0 Å². The lowest BCUT2D eigenvalue weighted by Gasteiger charge is -2.28. The molecule has 0 saturated heterocycles. The van der Waals surface area contributed by atoms with E-state index in [0.29, 0.717) is 11.8 Å². The Labute approximate surface area is 84.3 Å². The van der Waals surface area contributed by atoms with E-state index in [-0.39, 0.29) is 5.91 Å². The number of benzene rings is 1. The summed E-state index contributed by atoms with van der Waals surface area (Å²) in [7, 11) is 0. The third kappa shape index (κ3) is 1.41. The Morgan fingerprint density at radius 2 is 2.07 bits per heavy atom.